The van der Waals surface area contributed by atoms with Crippen LogP contribution in [0.5, 0.6) is 5.75 Å². The van der Waals surface area contributed by atoms with Crippen molar-refractivity contribution in [1.29, 1.82) is 0 Å². The van der Waals surface area contributed by atoms with Crippen LogP contribution >= 0.6 is 0 Å². The molecule has 29 heavy (non-hydrogen) atoms. The highest BCUT2D eigenvalue weighted by Crippen LogP contribution is 2.35. The number of phenols is 1. The number of ether oxygens (including phenoxy) is 1. The lowest BCUT2D eigenvalue weighted by atomic mass is 9.79. The molecule has 2 N–H and O–H groups in total. The van der Waals surface area contributed by atoms with Crippen molar-refractivity contribution in [3.63, 3.8) is 0 Å². The second kappa shape index (κ2) is 10.4. The van der Waals surface area contributed by atoms with Gasteiger partial charge < -0.3 is 9.84 Å². The summed E-state index contributed by atoms with van der Waals surface area (Å²) in [5.41, 5.74) is 2.63. The van der Waals surface area contributed by atoms with Crippen LogP contribution in [0.1, 0.15) is 58.4 Å². The van der Waals surface area contributed by atoms with Gasteiger partial charge in [0.15, 0.2) is 0 Å². The summed E-state index contributed by atoms with van der Waals surface area (Å²) in [7, 11) is 0. The summed E-state index contributed by atoms with van der Waals surface area (Å²) in [4.78, 5) is 17.1. The molecular formula is C24H32O5. The van der Waals surface area contributed by atoms with Gasteiger partial charge in [0.1, 0.15) is 18.0 Å². The first-order valence-corrected chi connectivity index (χ1v) is 10.00. The van der Waals surface area contributed by atoms with Crippen LogP contribution in [0.3, 0.4) is 0 Å². The smallest absolute Gasteiger partial charge is 0.331 e. The first kappa shape index (κ1) is 22.9. The minimum atomic E-state index is -0.428. The normalized spacial score (nSPS) is 25.1. The van der Waals surface area contributed by atoms with Crippen molar-refractivity contribution in [1.82, 2.24) is 0 Å². The van der Waals surface area contributed by atoms with E-state index in [0.717, 1.165) is 29.6 Å². The van der Waals surface area contributed by atoms with Crippen LogP contribution < -0.4 is 0 Å². The van der Waals surface area contributed by atoms with Crippen LogP contribution in [0.15, 0.2) is 54.1 Å². The predicted octanol–water partition coefficient (Wildman–Crippen LogP) is 5.67. The highest BCUT2D eigenvalue weighted by atomic mass is 17.1. The summed E-state index contributed by atoms with van der Waals surface area (Å²) in [6.45, 7) is 10.3. The Hall–Kier alpha value is -2.37. The average Bonchev–Trinajstić information content (AvgIpc) is 2.66. The molecule has 1 aromatic rings. The molecule has 5 nitrogen and oxygen atoms in total. The van der Waals surface area contributed by atoms with E-state index in [1.807, 2.05) is 6.92 Å². The monoisotopic (exact) mass is 400 g/mol. The van der Waals surface area contributed by atoms with Gasteiger partial charge in [-0.05, 0) is 67.4 Å². The number of phenolic OH excluding ortho intramolecular Hbond substituents is 1. The number of carbonyl (C=O) groups excluding carboxylic acids is 1. The highest BCUT2D eigenvalue weighted by Gasteiger charge is 2.31. The fraction of sp³-hybridized carbons (Fsp3) is 0.458. The lowest BCUT2D eigenvalue weighted by molar-refractivity contribution is -0.274. The highest BCUT2D eigenvalue weighted by molar-refractivity contribution is 5.87. The standard InChI is InChI=1S/C24H32O5/c1-17-6-5-7-18(2)22(29-27)16-24(3,4)15-21(14-17)28-23(26)13-10-19-8-11-20(25)12-9-19/h6,8-13,21-22,25,27H,2,5,7,14-16H2,1,3-4H3/b13-10-,17-6+/t21-,22+/m0/s1. The van der Waals surface area contributed by atoms with Crippen molar-refractivity contribution in [2.45, 2.75) is 65.1 Å². The summed E-state index contributed by atoms with van der Waals surface area (Å²) in [6, 6.07) is 6.59. The van der Waals surface area contributed by atoms with E-state index in [2.05, 4.69) is 26.5 Å². The van der Waals surface area contributed by atoms with E-state index in [1.54, 1.807) is 30.3 Å². The van der Waals surface area contributed by atoms with Crippen molar-refractivity contribution < 1.29 is 24.8 Å². The Balaban J connectivity index is 2.11. The van der Waals surface area contributed by atoms with Crippen molar-refractivity contribution in [3.8, 4) is 5.75 Å². The molecule has 0 radical (unpaired) electrons. The van der Waals surface area contributed by atoms with Crippen molar-refractivity contribution >= 4 is 12.0 Å². The van der Waals surface area contributed by atoms with Crippen molar-refractivity contribution in [2.75, 3.05) is 0 Å². The van der Waals surface area contributed by atoms with Gasteiger partial charge in [-0.3, -0.25) is 5.26 Å². The van der Waals surface area contributed by atoms with Gasteiger partial charge in [-0.15, -0.1) is 0 Å². The summed E-state index contributed by atoms with van der Waals surface area (Å²) < 4.78 is 5.77. The fourth-order valence-electron chi connectivity index (χ4n) is 3.67. The number of aromatic hydroxyl groups is 1. The summed E-state index contributed by atoms with van der Waals surface area (Å²) in [6.07, 6.45) is 7.97. The molecule has 0 spiro atoms. The Morgan fingerprint density at radius 2 is 1.93 bits per heavy atom. The number of benzene rings is 1. The SMILES string of the molecule is C=C1CC/C=C(\C)C[C@H](OC(=O)/C=C\c2ccc(O)cc2)CC(C)(C)C[C@H]1OO. The summed E-state index contributed by atoms with van der Waals surface area (Å²) in [5.74, 6) is -0.222. The van der Waals surface area contributed by atoms with Crippen molar-refractivity contribution in [3.05, 3.63) is 59.7 Å². The predicted molar refractivity (Wildman–Crippen MR) is 114 cm³/mol. The molecule has 0 amide bonds. The van der Waals surface area contributed by atoms with Gasteiger partial charge in [0.05, 0.1) is 0 Å². The van der Waals surface area contributed by atoms with Gasteiger partial charge in [-0.25, -0.2) is 9.68 Å². The Kier molecular flexibility index (Phi) is 8.23. The molecule has 0 saturated carbocycles. The van der Waals surface area contributed by atoms with E-state index < -0.39 is 12.1 Å². The van der Waals surface area contributed by atoms with E-state index in [1.165, 1.54) is 6.08 Å². The molecule has 0 bridgehead atoms. The minimum absolute atomic E-state index is 0.180. The fourth-order valence-corrected chi connectivity index (χ4v) is 3.67. The van der Waals surface area contributed by atoms with E-state index >= 15 is 0 Å². The van der Waals surface area contributed by atoms with Crippen molar-refractivity contribution in [2.24, 2.45) is 5.41 Å². The topological polar surface area (TPSA) is 76.0 Å². The van der Waals surface area contributed by atoms with Crippen LogP contribution in [-0.2, 0) is 14.4 Å². The van der Waals surface area contributed by atoms with Gasteiger partial charge in [0, 0.05) is 12.5 Å². The molecule has 2 rings (SSSR count). The average molecular weight is 401 g/mol. The molecule has 0 fully saturated rings. The summed E-state index contributed by atoms with van der Waals surface area (Å²) in [5, 5.41) is 18.7. The molecule has 0 aliphatic heterocycles. The third-order valence-corrected chi connectivity index (χ3v) is 5.20. The molecule has 2 atom stereocenters. The maximum Gasteiger partial charge on any atom is 0.331 e. The molecule has 158 valence electrons. The van der Waals surface area contributed by atoms with Crippen LogP contribution in [0, 0.1) is 5.41 Å². The van der Waals surface area contributed by atoms with Gasteiger partial charge in [-0.1, -0.05) is 44.2 Å². The van der Waals surface area contributed by atoms with Gasteiger partial charge in [0.2, 0.25) is 0 Å². The Bertz CT molecular complexity index is 758. The number of hydrogen-bond acceptors (Lipinski definition) is 5. The maximum atomic E-state index is 12.4. The molecule has 1 aromatic carbocycles. The molecular weight excluding hydrogens is 368 g/mol. The second-order valence-electron chi connectivity index (χ2n) is 8.60. The quantitative estimate of drug-likeness (QED) is 0.224. The van der Waals surface area contributed by atoms with Gasteiger partial charge >= 0.3 is 5.97 Å². The zero-order valence-electron chi connectivity index (χ0n) is 17.6. The lowest BCUT2D eigenvalue weighted by Gasteiger charge is -2.32. The van der Waals surface area contributed by atoms with E-state index in [4.69, 9.17) is 9.62 Å². The van der Waals surface area contributed by atoms with Crippen LogP contribution in [0.25, 0.3) is 6.08 Å². The first-order valence-electron chi connectivity index (χ1n) is 10.00. The zero-order valence-corrected chi connectivity index (χ0v) is 17.6. The number of esters is 1. The molecule has 1 aliphatic rings. The Morgan fingerprint density at radius 1 is 1.24 bits per heavy atom. The molecule has 0 unspecified atom stereocenters. The largest absolute Gasteiger partial charge is 0.508 e. The van der Waals surface area contributed by atoms with Crippen LogP contribution in [0.4, 0.5) is 0 Å². The summed E-state index contributed by atoms with van der Waals surface area (Å²) >= 11 is 0. The number of carbonyl (C=O) groups is 1. The number of rotatable bonds is 4. The van der Waals surface area contributed by atoms with Gasteiger partial charge in [0.25, 0.3) is 0 Å². The first-order chi connectivity index (χ1) is 13.7. The minimum Gasteiger partial charge on any atom is -0.508 e. The van der Waals surface area contributed by atoms with E-state index in [9.17, 15) is 15.2 Å². The molecule has 0 aromatic heterocycles. The second-order valence-corrected chi connectivity index (χ2v) is 8.60. The number of hydrogen-bond donors (Lipinski definition) is 2. The molecule has 1 aliphatic carbocycles. The van der Waals surface area contributed by atoms with Crippen LogP contribution in [0.2, 0.25) is 0 Å². The maximum absolute atomic E-state index is 12.4. The number of allylic oxidation sites excluding steroid dienone is 1. The molecule has 0 heterocycles. The van der Waals surface area contributed by atoms with Gasteiger partial charge in [-0.2, -0.15) is 0 Å². The Morgan fingerprint density at radius 3 is 2.59 bits per heavy atom. The van der Waals surface area contributed by atoms with E-state index in [0.29, 0.717) is 19.3 Å². The lowest BCUT2D eigenvalue weighted by Crippen LogP contribution is -2.30. The zero-order chi connectivity index (χ0) is 21.4. The Labute approximate surface area is 173 Å². The molecule has 0 saturated heterocycles. The third-order valence-electron chi connectivity index (χ3n) is 5.20. The molecule has 5 heteroatoms. The van der Waals surface area contributed by atoms with E-state index in [-0.39, 0.29) is 17.3 Å². The third kappa shape index (κ3) is 7.87. The van der Waals surface area contributed by atoms with Crippen LogP contribution in [-0.4, -0.2) is 28.5 Å².